The fourth-order valence-electron chi connectivity index (χ4n) is 6.34. The number of carbonyl (C=O) groups excluding carboxylic acids is 2. The number of hydrogen-bond acceptors (Lipinski definition) is 12. The fourth-order valence-corrected chi connectivity index (χ4v) is 6.34. The summed E-state index contributed by atoms with van der Waals surface area (Å²) in [6.45, 7) is 5.99. The predicted octanol–water partition coefficient (Wildman–Crippen LogP) is -1.00. The van der Waals surface area contributed by atoms with Gasteiger partial charge in [0, 0.05) is 18.0 Å². The summed E-state index contributed by atoms with van der Waals surface area (Å²) in [6.07, 6.45) is -0.473. The van der Waals surface area contributed by atoms with E-state index in [-0.39, 0.29) is 29.4 Å². The van der Waals surface area contributed by atoms with Crippen LogP contribution in [-0.2, 0) is 6.54 Å². The number of nitrogens with one attached hydrogen (secondary N) is 5. The number of rotatable bonds is 16. The first kappa shape index (κ1) is 33.9. The van der Waals surface area contributed by atoms with E-state index >= 15 is 0 Å². The van der Waals surface area contributed by atoms with Crippen molar-refractivity contribution in [2.24, 2.45) is 5.73 Å². The summed E-state index contributed by atoms with van der Waals surface area (Å²) in [4.78, 5) is 26.3. The molecule has 6 unspecified atom stereocenters. The molecule has 46 heavy (non-hydrogen) atoms. The Hall–Kier alpha value is -3.50. The van der Waals surface area contributed by atoms with Gasteiger partial charge in [0.2, 0.25) is 12.5 Å². The summed E-state index contributed by atoms with van der Waals surface area (Å²) in [5.41, 5.74) is 6.97. The maximum atomic E-state index is 13.4. The third-order valence-electron chi connectivity index (χ3n) is 8.83. The predicted molar refractivity (Wildman–Crippen MR) is 169 cm³/mol. The fraction of sp³-hybridized carbons (Fsp3) is 0.562. The third kappa shape index (κ3) is 7.55. The number of aromatic hydroxyl groups is 1. The number of aliphatic hydroxyl groups is 3. The Kier molecular flexibility index (Phi) is 11.7. The molecule has 2 amide bonds. The normalized spacial score (nSPS) is 24.7. The van der Waals surface area contributed by atoms with E-state index < -0.39 is 53.9 Å². The second-order valence-electron chi connectivity index (χ2n) is 12.0. The highest BCUT2D eigenvalue weighted by atomic mass is 16.7. The molecule has 2 aliphatic heterocycles. The van der Waals surface area contributed by atoms with Crippen LogP contribution in [0.5, 0.6) is 17.2 Å². The molecule has 3 aliphatic rings. The highest BCUT2D eigenvalue weighted by Crippen LogP contribution is 2.50. The van der Waals surface area contributed by atoms with Gasteiger partial charge in [-0.3, -0.25) is 9.59 Å². The van der Waals surface area contributed by atoms with E-state index in [9.17, 15) is 30.0 Å². The highest BCUT2D eigenvalue weighted by Gasteiger charge is 2.54. The molecule has 252 valence electrons. The SMILES string of the molecule is NCCCNCCCCNCCCNCc1ccc(C(=O)NC2C(O)C(O)C(O)C3NC(=O)c4c(cc5c(c4O)OCO5)C23)cc1. The van der Waals surface area contributed by atoms with Gasteiger partial charge in [-0.25, -0.2) is 0 Å². The summed E-state index contributed by atoms with van der Waals surface area (Å²) < 4.78 is 10.7. The molecule has 14 nitrogen and oxygen atoms in total. The minimum absolute atomic E-state index is 0.0184. The molecule has 2 aromatic carbocycles. The van der Waals surface area contributed by atoms with Crippen LogP contribution < -0.4 is 41.8 Å². The maximum Gasteiger partial charge on any atom is 0.255 e. The zero-order chi connectivity index (χ0) is 32.6. The van der Waals surface area contributed by atoms with Crippen LogP contribution in [0.3, 0.4) is 0 Å². The number of benzene rings is 2. The molecule has 0 aromatic heterocycles. The molecule has 1 fully saturated rings. The molecule has 0 spiro atoms. The smallest absolute Gasteiger partial charge is 0.255 e. The summed E-state index contributed by atoms with van der Waals surface area (Å²) in [6, 6.07) is 6.37. The number of nitrogens with two attached hydrogens (primary N) is 1. The van der Waals surface area contributed by atoms with Gasteiger partial charge in [-0.2, -0.15) is 0 Å². The third-order valence-corrected chi connectivity index (χ3v) is 8.83. The van der Waals surface area contributed by atoms with Crippen LogP contribution in [-0.4, -0.2) is 109 Å². The van der Waals surface area contributed by atoms with E-state index in [4.69, 9.17) is 15.2 Å². The first-order valence-corrected chi connectivity index (χ1v) is 16.0. The minimum Gasteiger partial charge on any atom is -0.504 e. The molecule has 0 radical (unpaired) electrons. The number of phenolic OH excluding ortho intramolecular Hbond substituents is 1. The lowest BCUT2D eigenvalue weighted by Gasteiger charge is -2.49. The van der Waals surface area contributed by atoms with Crippen LogP contribution in [0.1, 0.15) is 63.4 Å². The van der Waals surface area contributed by atoms with Gasteiger partial charge in [-0.05, 0) is 94.3 Å². The number of hydrogen-bond donors (Lipinski definition) is 10. The van der Waals surface area contributed by atoms with E-state index in [2.05, 4.69) is 26.6 Å². The van der Waals surface area contributed by atoms with Crippen LogP contribution in [0.15, 0.2) is 30.3 Å². The first-order valence-electron chi connectivity index (χ1n) is 16.0. The number of fused-ring (bicyclic) bond motifs is 4. The van der Waals surface area contributed by atoms with E-state index in [0.29, 0.717) is 12.1 Å². The Morgan fingerprint density at radius 3 is 2.28 bits per heavy atom. The number of ether oxygens (including phenoxy) is 2. The topological polar surface area (TPSA) is 220 Å². The molecule has 11 N–H and O–H groups in total. The van der Waals surface area contributed by atoms with Crippen LogP contribution >= 0.6 is 0 Å². The van der Waals surface area contributed by atoms with Crippen molar-refractivity contribution >= 4 is 11.8 Å². The van der Waals surface area contributed by atoms with Gasteiger partial charge >= 0.3 is 0 Å². The number of aliphatic hydroxyl groups excluding tert-OH is 3. The zero-order valence-corrected chi connectivity index (χ0v) is 25.8. The molecule has 2 aromatic rings. The van der Waals surface area contributed by atoms with Gasteiger partial charge < -0.3 is 62.2 Å². The molecule has 2 heterocycles. The van der Waals surface area contributed by atoms with Crippen molar-refractivity contribution < 1.29 is 39.5 Å². The maximum absolute atomic E-state index is 13.4. The number of phenols is 1. The molecular weight excluding hydrogens is 596 g/mol. The summed E-state index contributed by atoms with van der Waals surface area (Å²) in [5, 5.41) is 58.9. The second-order valence-corrected chi connectivity index (χ2v) is 12.0. The van der Waals surface area contributed by atoms with E-state index in [1.165, 1.54) is 6.07 Å². The Labute approximate surface area is 268 Å². The van der Waals surface area contributed by atoms with Crippen molar-refractivity contribution in [3.8, 4) is 17.2 Å². The lowest BCUT2D eigenvalue weighted by Crippen LogP contribution is -2.69. The molecule has 0 saturated heterocycles. The molecule has 14 heteroatoms. The van der Waals surface area contributed by atoms with Crippen LogP contribution in [0.25, 0.3) is 0 Å². The summed E-state index contributed by atoms with van der Waals surface area (Å²) in [5.74, 6) is -2.30. The quantitative estimate of drug-likeness (QED) is 0.0997. The lowest BCUT2D eigenvalue weighted by atomic mass is 9.68. The first-order chi connectivity index (χ1) is 22.3. The second kappa shape index (κ2) is 15.9. The zero-order valence-electron chi connectivity index (χ0n) is 25.8. The van der Waals surface area contributed by atoms with Crippen molar-refractivity contribution in [2.75, 3.05) is 46.1 Å². The van der Waals surface area contributed by atoms with Crippen molar-refractivity contribution in [2.45, 2.75) is 68.5 Å². The van der Waals surface area contributed by atoms with Gasteiger partial charge in [0.25, 0.3) is 11.8 Å². The Morgan fingerprint density at radius 1 is 0.891 bits per heavy atom. The molecule has 0 bridgehead atoms. The molecule has 6 atom stereocenters. The molecule has 1 saturated carbocycles. The summed E-state index contributed by atoms with van der Waals surface area (Å²) >= 11 is 0. The van der Waals surface area contributed by atoms with E-state index in [1.807, 2.05) is 12.1 Å². The Balaban J connectivity index is 1.13. The molecule has 1 aliphatic carbocycles. The standard InChI is InChI=1S/C32H46N6O8/c33-9-3-12-34-10-1-2-11-35-13-4-14-36-16-18-5-7-19(8-6-18)31(43)37-24-22-20-15-21-30(46-17-45-21)26(39)23(20)32(44)38-25(22)28(41)29(42)27(24)40/h5-8,15,22,24-25,27-29,34-36,39-42H,1-4,9-14,16-17,33H2,(H,37,43)(H,38,44). The van der Waals surface area contributed by atoms with Gasteiger partial charge in [0.15, 0.2) is 11.5 Å². The van der Waals surface area contributed by atoms with Gasteiger partial charge in [0.1, 0.15) is 18.3 Å². The largest absolute Gasteiger partial charge is 0.504 e. The Bertz CT molecular complexity index is 1340. The van der Waals surface area contributed by atoms with Crippen LogP contribution in [0.4, 0.5) is 0 Å². The number of carbonyl (C=O) groups is 2. The average Bonchev–Trinajstić information content (AvgIpc) is 3.54. The summed E-state index contributed by atoms with van der Waals surface area (Å²) in [7, 11) is 0. The monoisotopic (exact) mass is 642 g/mol. The van der Waals surface area contributed by atoms with E-state index in [1.54, 1.807) is 12.1 Å². The van der Waals surface area contributed by atoms with Crippen molar-refractivity contribution in [3.05, 3.63) is 52.6 Å². The van der Waals surface area contributed by atoms with Crippen LogP contribution in [0.2, 0.25) is 0 Å². The highest BCUT2D eigenvalue weighted by molar-refractivity contribution is 6.02. The molecular formula is C32H46N6O8. The Morgan fingerprint density at radius 2 is 1.57 bits per heavy atom. The van der Waals surface area contributed by atoms with Crippen molar-refractivity contribution in [1.82, 2.24) is 26.6 Å². The molecule has 5 rings (SSSR count). The number of amides is 2. The van der Waals surface area contributed by atoms with Gasteiger partial charge in [-0.1, -0.05) is 12.1 Å². The lowest BCUT2D eigenvalue weighted by molar-refractivity contribution is -0.117. The van der Waals surface area contributed by atoms with Gasteiger partial charge in [-0.15, -0.1) is 0 Å². The minimum atomic E-state index is -1.64. The van der Waals surface area contributed by atoms with Crippen molar-refractivity contribution in [1.29, 1.82) is 0 Å². The van der Waals surface area contributed by atoms with Crippen molar-refractivity contribution in [3.63, 3.8) is 0 Å². The average molecular weight is 643 g/mol. The van der Waals surface area contributed by atoms with Crippen LogP contribution in [0, 0.1) is 0 Å². The van der Waals surface area contributed by atoms with Gasteiger partial charge in [0.05, 0.1) is 17.6 Å². The number of unbranched alkanes of at least 4 members (excludes halogenated alkanes) is 1. The van der Waals surface area contributed by atoms with E-state index in [0.717, 1.165) is 70.5 Å².